The third kappa shape index (κ3) is 5.04. The molecule has 5 aliphatic rings. The summed E-state index contributed by atoms with van der Waals surface area (Å²) in [6.45, 7) is 19.9. The number of carbonyl (C=O) groups excluding carboxylic acids is 2. The van der Waals surface area contributed by atoms with Gasteiger partial charge in [-0.15, -0.1) is 0 Å². The zero-order chi connectivity index (χ0) is 35.8. The number of aliphatic hydroxyl groups excluding tert-OH is 4. The van der Waals surface area contributed by atoms with Gasteiger partial charge in [0.1, 0.15) is 12.2 Å². The molecule has 4 fully saturated rings. The Labute approximate surface area is 288 Å². The summed E-state index contributed by atoms with van der Waals surface area (Å²) in [5.41, 5.74) is -0.994. The second kappa shape index (κ2) is 12.3. The van der Waals surface area contributed by atoms with Gasteiger partial charge in [0.25, 0.3) is 0 Å². The van der Waals surface area contributed by atoms with Crippen molar-refractivity contribution >= 4 is 11.9 Å². The van der Waals surface area contributed by atoms with Gasteiger partial charge in [0.05, 0.1) is 30.8 Å². The minimum Gasteiger partial charge on any atom is -0.462 e. The number of carbonyl (C=O) groups is 2. The highest BCUT2D eigenvalue weighted by Gasteiger charge is 2.73. The highest BCUT2D eigenvalue weighted by atomic mass is 16.6. The fraction of sp³-hybridized carbons (Fsp3) is 0.800. The zero-order valence-electron chi connectivity index (χ0n) is 31.1. The molecule has 5 aliphatic carbocycles. The van der Waals surface area contributed by atoms with E-state index in [0.29, 0.717) is 30.4 Å². The van der Waals surface area contributed by atoms with Crippen LogP contribution >= 0.6 is 0 Å². The van der Waals surface area contributed by atoms with E-state index in [1.54, 1.807) is 32.9 Å². The summed E-state index contributed by atoms with van der Waals surface area (Å²) in [7, 11) is 0. The summed E-state index contributed by atoms with van der Waals surface area (Å²) in [4.78, 5) is 25.6. The van der Waals surface area contributed by atoms with Gasteiger partial charge in [-0.2, -0.15) is 0 Å². The Balaban J connectivity index is 1.53. The topological polar surface area (TPSA) is 134 Å². The van der Waals surface area contributed by atoms with Gasteiger partial charge in [-0.1, -0.05) is 65.3 Å². The average molecular weight is 671 g/mol. The largest absolute Gasteiger partial charge is 0.462 e. The SMILES string of the molecule is CC=C(C)C(=O)OC[C@]1(C)C2CC[C@]3(C)C(CC=C4C5CC(C)(C)[C@@H](OC(=O)C(C)=CC)[C@H](O)[C@]5(CO)[C@H](O)C[C@]43C)[C@@]2(C)CC[C@@H]1O. The van der Waals surface area contributed by atoms with E-state index in [1.807, 2.05) is 20.8 Å². The molecule has 0 aromatic heterocycles. The van der Waals surface area contributed by atoms with E-state index < -0.39 is 58.7 Å². The lowest BCUT2D eigenvalue weighted by Gasteiger charge is -2.72. The van der Waals surface area contributed by atoms with Gasteiger partial charge in [0.2, 0.25) is 0 Å². The summed E-state index contributed by atoms with van der Waals surface area (Å²) in [6.07, 6.45) is 7.07. The molecule has 270 valence electrons. The Morgan fingerprint density at radius 2 is 1.50 bits per heavy atom. The van der Waals surface area contributed by atoms with Crippen molar-refractivity contribution in [3.05, 3.63) is 34.9 Å². The molecule has 0 saturated heterocycles. The Kier molecular flexibility index (Phi) is 9.58. The first-order chi connectivity index (χ1) is 22.2. The van der Waals surface area contributed by atoms with Gasteiger partial charge in [0.15, 0.2) is 0 Å². The van der Waals surface area contributed by atoms with Crippen molar-refractivity contribution in [1.82, 2.24) is 0 Å². The fourth-order valence-electron chi connectivity index (χ4n) is 11.9. The van der Waals surface area contributed by atoms with Crippen LogP contribution in [0.2, 0.25) is 0 Å². The van der Waals surface area contributed by atoms with E-state index >= 15 is 0 Å². The van der Waals surface area contributed by atoms with Crippen molar-refractivity contribution in [3.63, 3.8) is 0 Å². The lowest BCUT2D eigenvalue weighted by molar-refractivity contribution is -0.262. The number of allylic oxidation sites excluding steroid dienone is 4. The van der Waals surface area contributed by atoms with E-state index in [0.717, 1.165) is 25.7 Å². The zero-order valence-corrected chi connectivity index (χ0v) is 31.1. The summed E-state index contributed by atoms with van der Waals surface area (Å²) in [6, 6.07) is 0. The highest BCUT2D eigenvalue weighted by molar-refractivity contribution is 5.88. The molecule has 0 heterocycles. The summed E-state index contributed by atoms with van der Waals surface area (Å²) >= 11 is 0. The maximum atomic E-state index is 12.9. The van der Waals surface area contributed by atoms with Gasteiger partial charge in [-0.25, -0.2) is 9.59 Å². The van der Waals surface area contributed by atoms with Gasteiger partial charge in [0, 0.05) is 22.0 Å². The molecule has 4 N–H and O–H groups in total. The molecular weight excluding hydrogens is 608 g/mol. The third-order valence-corrected chi connectivity index (χ3v) is 15.4. The summed E-state index contributed by atoms with van der Waals surface area (Å²) in [5.74, 6) is -0.738. The number of rotatable bonds is 6. The first-order valence-corrected chi connectivity index (χ1v) is 18.2. The monoisotopic (exact) mass is 670 g/mol. The van der Waals surface area contributed by atoms with Gasteiger partial charge in [-0.3, -0.25) is 0 Å². The smallest absolute Gasteiger partial charge is 0.333 e. The van der Waals surface area contributed by atoms with Crippen molar-refractivity contribution in [2.24, 2.45) is 50.2 Å². The van der Waals surface area contributed by atoms with Gasteiger partial charge < -0.3 is 29.9 Å². The predicted molar refractivity (Wildman–Crippen MR) is 184 cm³/mol. The van der Waals surface area contributed by atoms with Crippen molar-refractivity contribution < 1.29 is 39.5 Å². The van der Waals surface area contributed by atoms with Crippen LogP contribution in [0.15, 0.2) is 34.9 Å². The molecule has 0 radical (unpaired) electrons. The predicted octanol–water partition coefficient (Wildman–Crippen LogP) is 6.06. The molecule has 4 saturated carbocycles. The molecule has 8 nitrogen and oxygen atoms in total. The molecule has 0 aromatic carbocycles. The number of hydrogen-bond donors (Lipinski definition) is 4. The Morgan fingerprint density at radius 3 is 2.10 bits per heavy atom. The van der Waals surface area contributed by atoms with Crippen LogP contribution in [-0.2, 0) is 19.1 Å². The van der Waals surface area contributed by atoms with E-state index in [2.05, 4.69) is 33.8 Å². The van der Waals surface area contributed by atoms with E-state index in [4.69, 9.17) is 9.47 Å². The van der Waals surface area contributed by atoms with E-state index in [-0.39, 0.29) is 41.2 Å². The Hall–Kier alpha value is -2.00. The van der Waals surface area contributed by atoms with Crippen LogP contribution < -0.4 is 0 Å². The molecule has 0 spiro atoms. The lowest BCUT2D eigenvalue weighted by Crippen LogP contribution is -2.72. The van der Waals surface area contributed by atoms with Crippen LogP contribution in [0.1, 0.15) is 114 Å². The van der Waals surface area contributed by atoms with Crippen molar-refractivity contribution in [1.29, 1.82) is 0 Å². The highest BCUT2D eigenvalue weighted by Crippen LogP contribution is 2.75. The minimum absolute atomic E-state index is 0.139. The molecule has 0 aromatic rings. The quantitative estimate of drug-likeness (QED) is 0.152. The molecule has 48 heavy (non-hydrogen) atoms. The molecule has 0 aliphatic heterocycles. The van der Waals surface area contributed by atoms with Crippen LogP contribution in [0.3, 0.4) is 0 Å². The average Bonchev–Trinajstić information content (AvgIpc) is 3.03. The van der Waals surface area contributed by atoms with Crippen molar-refractivity contribution in [2.75, 3.05) is 13.2 Å². The molecule has 0 bridgehead atoms. The number of hydrogen-bond acceptors (Lipinski definition) is 8. The number of ether oxygens (including phenoxy) is 2. The normalized spacial score (nSPS) is 47.0. The van der Waals surface area contributed by atoms with Crippen LogP contribution in [-0.4, -0.2) is 70.0 Å². The van der Waals surface area contributed by atoms with Crippen LogP contribution in [0.4, 0.5) is 0 Å². The standard InChI is InChI=1S/C40H62O8/c1-11-23(3)33(45)47-22-37(8)27-15-18-38(9)28(36(27,7)17-16-29(37)42)14-13-25-26-19-35(5,6)32(48-34(46)24(4)12-2)31(44)40(26,21-41)30(43)20-39(25,38)10/h11-13,26-32,41-44H,14-22H2,1-10H3/t26?,27?,28?,29-,30+,31-,32-,36-,37+,38+,39+,40-/m0/s1. The first-order valence-electron chi connectivity index (χ1n) is 18.2. The molecular formula is C40H62O8. The number of fused-ring (bicyclic) bond motifs is 7. The lowest BCUT2D eigenvalue weighted by atomic mass is 9.33. The second-order valence-electron chi connectivity index (χ2n) is 17.9. The second-order valence-corrected chi connectivity index (χ2v) is 17.9. The maximum absolute atomic E-state index is 12.9. The third-order valence-electron chi connectivity index (χ3n) is 15.4. The van der Waals surface area contributed by atoms with Crippen molar-refractivity contribution in [2.45, 2.75) is 139 Å². The molecule has 5 rings (SSSR count). The van der Waals surface area contributed by atoms with Crippen molar-refractivity contribution in [3.8, 4) is 0 Å². The minimum atomic E-state index is -1.26. The summed E-state index contributed by atoms with van der Waals surface area (Å²) in [5, 5.41) is 46.9. The first kappa shape index (κ1) is 37.3. The van der Waals surface area contributed by atoms with Crippen LogP contribution in [0, 0.1) is 50.2 Å². The molecule has 12 atom stereocenters. The fourth-order valence-corrected chi connectivity index (χ4v) is 11.9. The van der Waals surface area contributed by atoms with Crippen LogP contribution in [0.5, 0.6) is 0 Å². The van der Waals surface area contributed by atoms with Gasteiger partial charge in [-0.05, 0) is 107 Å². The Bertz CT molecular complexity index is 1390. The summed E-state index contributed by atoms with van der Waals surface area (Å²) < 4.78 is 11.8. The number of esters is 2. The number of aliphatic hydroxyl groups is 4. The van der Waals surface area contributed by atoms with E-state index in [9.17, 15) is 30.0 Å². The maximum Gasteiger partial charge on any atom is 0.333 e. The van der Waals surface area contributed by atoms with E-state index in [1.165, 1.54) is 5.57 Å². The van der Waals surface area contributed by atoms with Gasteiger partial charge >= 0.3 is 11.9 Å². The Morgan fingerprint density at radius 1 is 0.875 bits per heavy atom. The molecule has 8 heteroatoms. The molecule has 0 amide bonds. The molecule has 3 unspecified atom stereocenters. The van der Waals surface area contributed by atoms with Crippen LogP contribution in [0.25, 0.3) is 0 Å².